The van der Waals surface area contributed by atoms with Crippen LogP contribution in [0.15, 0.2) is 41.3 Å². The summed E-state index contributed by atoms with van der Waals surface area (Å²) in [5.41, 5.74) is 2.45. The Labute approximate surface area is 168 Å². The fraction of sp³-hybridized carbons (Fsp3) is 0.333. The van der Waals surface area contributed by atoms with Crippen LogP contribution in [0.25, 0.3) is 5.65 Å². The summed E-state index contributed by atoms with van der Waals surface area (Å²) in [7, 11) is 0. The van der Waals surface area contributed by atoms with E-state index in [0.29, 0.717) is 17.8 Å². The van der Waals surface area contributed by atoms with Gasteiger partial charge in [-0.2, -0.15) is 5.26 Å². The van der Waals surface area contributed by atoms with Crippen LogP contribution in [0.3, 0.4) is 0 Å². The summed E-state index contributed by atoms with van der Waals surface area (Å²) in [6.07, 6.45) is 1.43. The Balaban J connectivity index is 1.90. The van der Waals surface area contributed by atoms with E-state index in [1.54, 1.807) is 19.1 Å². The van der Waals surface area contributed by atoms with E-state index in [9.17, 15) is 9.59 Å². The van der Waals surface area contributed by atoms with Crippen LogP contribution in [-0.4, -0.2) is 38.6 Å². The molecule has 0 aliphatic carbocycles. The highest BCUT2D eigenvalue weighted by molar-refractivity contribution is 5.95. The number of fused-ring (bicyclic) bond motifs is 1. The van der Waals surface area contributed by atoms with Gasteiger partial charge in [-0.1, -0.05) is 19.1 Å². The first-order valence-electron chi connectivity index (χ1n) is 9.49. The van der Waals surface area contributed by atoms with Crippen molar-refractivity contribution in [2.75, 3.05) is 13.2 Å². The van der Waals surface area contributed by atoms with Crippen molar-refractivity contribution in [1.29, 1.82) is 5.26 Å². The average Bonchev–Trinajstić information content (AvgIpc) is 3.16. The van der Waals surface area contributed by atoms with Gasteiger partial charge in [0.05, 0.1) is 23.9 Å². The smallest absolute Gasteiger partial charge is 0.343 e. The summed E-state index contributed by atoms with van der Waals surface area (Å²) < 4.78 is 6.28. The number of aromatic amines is 1. The third kappa shape index (κ3) is 4.20. The number of nitriles is 1. The standard InChI is InChI=1S/C21H23N5O3/c1-4-25(14(3)16-8-6-15(11-22)7-9-16)13-17-10-19(27)26-20(24-17)18(12-23-26)21(28)29-5-2/h6-10,12,14,23H,4-5,13H2,1-3H3/t14-/m0/s1. The molecule has 0 aliphatic heterocycles. The molecule has 0 saturated heterocycles. The molecule has 1 atom stereocenters. The van der Waals surface area contributed by atoms with Crippen molar-refractivity contribution >= 4 is 11.6 Å². The van der Waals surface area contributed by atoms with Gasteiger partial charge in [0.25, 0.3) is 5.56 Å². The normalized spacial score (nSPS) is 12.1. The van der Waals surface area contributed by atoms with E-state index in [1.165, 1.54) is 16.8 Å². The minimum atomic E-state index is -0.520. The highest BCUT2D eigenvalue weighted by atomic mass is 16.5. The number of rotatable bonds is 7. The van der Waals surface area contributed by atoms with Crippen molar-refractivity contribution in [2.24, 2.45) is 0 Å². The number of benzene rings is 1. The molecule has 3 aromatic rings. The number of nitrogens with zero attached hydrogens (tertiary/aromatic N) is 4. The molecule has 0 radical (unpaired) electrons. The molecule has 3 rings (SSSR count). The van der Waals surface area contributed by atoms with Gasteiger partial charge in [0.15, 0.2) is 5.65 Å². The summed E-state index contributed by atoms with van der Waals surface area (Å²) in [4.78, 5) is 31.3. The largest absolute Gasteiger partial charge is 0.462 e. The number of carbonyl (C=O) groups excluding carboxylic acids is 1. The van der Waals surface area contributed by atoms with Crippen LogP contribution in [0.2, 0.25) is 0 Å². The van der Waals surface area contributed by atoms with Crippen molar-refractivity contribution in [3.63, 3.8) is 0 Å². The minimum absolute atomic E-state index is 0.0590. The van der Waals surface area contributed by atoms with Crippen molar-refractivity contribution in [2.45, 2.75) is 33.4 Å². The van der Waals surface area contributed by atoms with Gasteiger partial charge in [-0.25, -0.2) is 14.3 Å². The zero-order valence-corrected chi connectivity index (χ0v) is 16.7. The Kier molecular flexibility index (Phi) is 6.10. The molecule has 2 aromatic heterocycles. The molecule has 0 spiro atoms. The highest BCUT2D eigenvalue weighted by Crippen LogP contribution is 2.22. The molecule has 8 heteroatoms. The van der Waals surface area contributed by atoms with Crippen molar-refractivity contribution in [3.8, 4) is 6.07 Å². The minimum Gasteiger partial charge on any atom is -0.462 e. The van der Waals surface area contributed by atoms with Gasteiger partial charge in [0.2, 0.25) is 0 Å². The quantitative estimate of drug-likeness (QED) is 0.619. The van der Waals surface area contributed by atoms with Gasteiger partial charge in [0.1, 0.15) is 5.56 Å². The molecule has 0 amide bonds. The second kappa shape index (κ2) is 8.71. The van der Waals surface area contributed by atoms with Crippen LogP contribution in [0.1, 0.15) is 54.0 Å². The first-order chi connectivity index (χ1) is 14.0. The van der Waals surface area contributed by atoms with Crippen molar-refractivity contribution in [1.82, 2.24) is 19.5 Å². The topological polar surface area (TPSA) is 103 Å². The number of hydrogen-bond donors (Lipinski definition) is 1. The maximum Gasteiger partial charge on any atom is 0.343 e. The zero-order chi connectivity index (χ0) is 21.0. The first-order valence-corrected chi connectivity index (χ1v) is 9.49. The third-order valence-electron chi connectivity index (χ3n) is 4.89. The number of hydrogen-bond acceptors (Lipinski definition) is 6. The van der Waals surface area contributed by atoms with Gasteiger partial charge in [0, 0.05) is 24.8 Å². The lowest BCUT2D eigenvalue weighted by atomic mass is 10.0. The Bertz CT molecular complexity index is 1110. The SMILES string of the molecule is CCOC(=O)c1c[nH]n2c(=O)cc(CN(CC)[C@@H](C)c3ccc(C#N)cc3)nc12. The maximum absolute atomic E-state index is 12.5. The number of nitrogens with one attached hydrogen (secondary N) is 1. The van der Waals surface area contributed by atoms with Crippen LogP contribution < -0.4 is 5.56 Å². The summed E-state index contributed by atoms with van der Waals surface area (Å²) in [5, 5.41) is 11.7. The second-order valence-corrected chi connectivity index (χ2v) is 6.63. The van der Waals surface area contributed by atoms with E-state index in [0.717, 1.165) is 12.1 Å². The maximum atomic E-state index is 12.5. The number of esters is 1. The average molecular weight is 393 g/mol. The van der Waals surface area contributed by atoms with Crippen LogP contribution >= 0.6 is 0 Å². The Morgan fingerprint density at radius 3 is 2.69 bits per heavy atom. The van der Waals surface area contributed by atoms with Gasteiger partial charge in [-0.05, 0) is 38.1 Å². The highest BCUT2D eigenvalue weighted by Gasteiger charge is 2.19. The molecule has 0 aliphatic rings. The Hall–Kier alpha value is -3.44. The van der Waals surface area contributed by atoms with E-state index >= 15 is 0 Å². The second-order valence-electron chi connectivity index (χ2n) is 6.63. The lowest BCUT2D eigenvalue weighted by molar-refractivity contribution is 0.0528. The monoisotopic (exact) mass is 393 g/mol. The van der Waals surface area contributed by atoms with Crippen LogP contribution in [0.4, 0.5) is 0 Å². The Morgan fingerprint density at radius 1 is 1.34 bits per heavy atom. The molecule has 150 valence electrons. The summed E-state index contributed by atoms with van der Waals surface area (Å²) in [5.74, 6) is -0.520. The van der Waals surface area contributed by atoms with E-state index < -0.39 is 5.97 Å². The molecule has 8 nitrogen and oxygen atoms in total. The zero-order valence-electron chi connectivity index (χ0n) is 16.7. The Morgan fingerprint density at radius 2 is 2.07 bits per heavy atom. The molecule has 29 heavy (non-hydrogen) atoms. The van der Waals surface area contributed by atoms with E-state index in [1.807, 2.05) is 19.1 Å². The predicted molar refractivity (Wildman–Crippen MR) is 107 cm³/mol. The molecular formula is C21H23N5O3. The van der Waals surface area contributed by atoms with Crippen molar-refractivity contribution in [3.05, 3.63) is 69.3 Å². The summed E-state index contributed by atoms with van der Waals surface area (Å²) in [6, 6.07) is 11.1. The summed E-state index contributed by atoms with van der Waals surface area (Å²) >= 11 is 0. The molecular weight excluding hydrogens is 370 g/mol. The fourth-order valence-corrected chi connectivity index (χ4v) is 3.25. The van der Waals surface area contributed by atoms with Gasteiger partial charge in [-0.15, -0.1) is 0 Å². The molecule has 2 heterocycles. The molecule has 1 N–H and O–H groups in total. The van der Waals surface area contributed by atoms with Gasteiger partial charge in [-0.3, -0.25) is 14.8 Å². The van der Waals surface area contributed by atoms with Crippen molar-refractivity contribution < 1.29 is 9.53 Å². The number of ether oxygens (including phenoxy) is 1. The lowest BCUT2D eigenvalue weighted by Crippen LogP contribution is -2.28. The third-order valence-corrected chi connectivity index (χ3v) is 4.89. The predicted octanol–water partition coefficient (Wildman–Crippen LogP) is 2.65. The van der Waals surface area contributed by atoms with Crippen LogP contribution in [0, 0.1) is 11.3 Å². The molecule has 0 fully saturated rings. The van der Waals surface area contributed by atoms with Gasteiger partial charge >= 0.3 is 5.97 Å². The lowest BCUT2D eigenvalue weighted by Gasteiger charge is -2.27. The van der Waals surface area contributed by atoms with Gasteiger partial charge < -0.3 is 4.74 Å². The molecule has 0 unspecified atom stereocenters. The fourth-order valence-electron chi connectivity index (χ4n) is 3.25. The number of carbonyl (C=O) groups is 1. The van der Waals surface area contributed by atoms with Crippen LogP contribution in [-0.2, 0) is 11.3 Å². The molecule has 0 bridgehead atoms. The number of H-pyrrole nitrogens is 1. The molecule has 0 saturated carbocycles. The van der Waals surface area contributed by atoms with E-state index in [-0.39, 0.29) is 29.4 Å². The van der Waals surface area contributed by atoms with E-state index in [4.69, 9.17) is 10.00 Å². The summed E-state index contributed by atoms with van der Waals surface area (Å²) in [6.45, 7) is 7.24. The number of aromatic nitrogens is 3. The van der Waals surface area contributed by atoms with E-state index in [2.05, 4.69) is 28.0 Å². The first kappa shape index (κ1) is 20.3. The molecule has 1 aromatic carbocycles. The van der Waals surface area contributed by atoms with Crippen LogP contribution in [0.5, 0.6) is 0 Å².